The molecule has 2 amide bonds. The summed E-state index contributed by atoms with van der Waals surface area (Å²) in [7, 11) is 1.85. The number of imide groups is 1. The number of likely N-dealkylation sites (N-methyl/N-ethyl adjacent to an activating group) is 1. The van der Waals surface area contributed by atoms with Gasteiger partial charge in [0.1, 0.15) is 12.4 Å². The monoisotopic (exact) mass is 264 g/mol. The number of hydrogen-bond acceptors (Lipinski definition) is 5. The van der Waals surface area contributed by atoms with Crippen molar-refractivity contribution >= 4 is 17.5 Å². The number of amides is 2. The van der Waals surface area contributed by atoms with Gasteiger partial charge in [-0.3, -0.25) is 9.59 Å². The third-order valence-electron chi connectivity index (χ3n) is 2.91. The molecule has 0 aliphatic carbocycles. The van der Waals surface area contributed by atoms with E-state index in [1.54, 1.807) is 12.1 Å². The van der Waals surface area contributed by atoms with E-state index < -0.39 is 18.4 Å². The number of ether oxygens (including phenoxy) is 1. The number of benzene rings is 1. The van der Waals surface area contributed by atoms with Crippen molar-refractivity contribution in [1.82, 2.24) is 5.32 Å². The third-order valence-corrected chi connectivity index (χ3v) is 2.91. The maximum Gasteiger partial charge on any atom is 0.271 e. The van der Waals surface area contributed by atoms with E-state index in [4.69, 9.17) is 9.84 Å². The summed E-state index contributed by atoms with van der Waals surface area (Å²) >= 11 is 0. The molecule has 6 heteroatoms. The summed E-state index contributed by atoms with van der Waals surface area (Å²) in [6.07, 6.45) is 0.777. The number of anilines is 1. The highest BCUT2D eigenvalue weighted by atomic mass is 16.5. The summed E-state index contributed by atoms with van der Waals surface area (Å²) in [5.74, 6) is -0.618. The number of rotatable bonds is 4. The van der Waals surface area contributed by atoms with E-state index in [1.165, 1.54) is 0 Å². The van der Waals surface area contributed by atoms with Gasteiger partial charge in [0, 0.05) is 0 Å². The van der Waals surface area contributed by atoms with Crippen LogP contribution in [0.2, 0.25) is 0 Å². The van der Waals surface area contributed by atoms with Crippen LogP contribution in [0.5, 0.6) is 5.75 Å². The molecule has 0 saturated carbocycles. The molecule has 1 aliphatic rings. The quantitative estimate of drug-likeness (QED) is 0.780. The Hall–Kier alpha value is -1.92. The Balaban J connectivity index is 2.35. The van der Waals surface area contributed by atoms with Crippen LogP contribution in [0.15, 0.2) is 18.2 Å². The molecule has 1 aliphatic heterocycles. The highest BCUT2D eigenvalue weighted by molar-refractivity contribution is 6.17. The van der Waals surface area contributed by atoms with Crippen molar-refractivity contribution in [1.29, 1.82) is 0 Å². The molecule has 0 atom stereocenters. The van der Waals surface area contributed by atoms with Crippen LogP contribution in [0.25, 0.3) is 0 Å². The number of hydrogen-bond donors (Lipinski definition) is 2. The van der Waals surface area contributed by atoms with Crippen molar-refractivity contribution in [3.8, 4) is 5.75 Å². The van der Waals surface area contributed by atoms with Gasteiger partial charge in [-0.05, 0) is 37.7 Å². The average molecular weight is 264 g/mol. The largest absolute Gasteiger partial charge is 0.482 e. The average Bonchev–Trinajstić information content (AvgIpc) is 2.44. The lowest BCUT2D eigenvalue weighted by atomic mass is 10.1. The normalized spacial score (nSPS) is 14.0. The number of fused-ring (bicyclic) bond motifs is 1. The van der Waals surface area contributed by atoms with Crippen LogP contribution >= 0.6 is 0 Å². The zero-order chi connectivity index (χ0) is 13.8. The molecule has 1 aromatic carbocycles. The van der Waals surface area contributed by atoms with Gasteiger partial charge in [0.2, 0.25) is 0 Å². The van der Waals surface area contributed by atoms with Crippen LogP contribution in [0, 0.1) is 0 Å². The lowest BCUT2D eigenvalue weighted by Gasteiger charge is -2.27. The van der Waals surface area contributed by atoms with Gasteiger partial charge in [0.25, 0.3) is 11.8 Å². The predicted octanol–water partition coefficient (Wildman–Crippen LogP) is -0.307. The first-order valence-corrected chi connectivity index (χ1v) is 6.04. The van der Waals surface area contributed by atoms with Crippen LogP contribution in [0.1, 0.15) is 5.56 Å². The van der Waals surface area contributed by atoms with Crippen molar-refractivity contribution in [3.05, 3.63) is 23.8 Å². The second kappa shape index (κ2) is 5.81. The van der Waals surface area contributed by atoms with Crippen molar-refractivity contribution in [3.63, 3.8) is 0 Å². The highest BCUT2D eigenvalue weighted by Gasteiger charge is 2.30. The smallest absolute Gasteiger partial charge is 0.271 e. The fourth-order valence-corrected chi connectivity index (χ4v) is 1.97. The molecule has 1 heterocycles. The number of carbonyl (C=O) groups is 2. The van der Waals surface area contributed by atoms with E-state index in [-0.39, 0.29) is 6.61 Å². The van der Waals surface area contributed by atoms with E-state index in [0.717, 1.165) is 23.4 Å². The van der Waals surface area contributed by atoms with Crippen molar-refractivity contribution in [2.24, 2.45) is 0 Å². The van der Waals surface area contributed by atoms with E-state index in [2.05, 4.69) is 5.32 Å². The fourth-order valence-electron chi connectivity index (χ4n) is 1.97. The van der Waals surface area contributed by atoms with Gasteiger partial charge >= 0.3 is 0 Å². The second-order valence-corrected chi connectivity index (χ2v) is 4.23. The Morgan fingerprint density at radius 3 is 3.00 bits per heavy atom. The molecule has 0 spiro atoms. The lowest BCUT2D eigenvalue weighted by Crippen LogP contribution is -2.44. The van der Waals surface area contributed by atoms with Gasteiger partial charge in [-0.2, -0.15) is 0 Å². The molecule has 0 fully saturated rings. The second-order valence-electron chi connectivity index (χ2n) is 4.23. The lowest BCUT2D eigenvalue weighted by molar-refractivity contribution is -0.129. The van der Waals surface area contributed by atoms with Crippen molar-refractivity contribution in [2.45, 2.75) is 6.42 Å². The predicted molar refractivity (Wildman–Crippen MR) is 69.1 cm³/mol. The van der Waals surface area contributed by atoms with Crippen LogP contribution in [-0.4, -0.2) is 43.7 Å². The van der Waals surface area contributed by atoms with Crippen LogP contribution in [-0.2, 0) is 16.0 Å². The topological polar surface area (TPSA) is 78.9 Å². The molecule has 0 aromatic heterocycles. The first-order chi connectivity index (χ1) is 9.17. The Bertz CT molecular complexity index is 501. The maximum absolute atomic E-state index is 11.7. The summed E-state index contributed by atoms with van der Waals surface area (Å²) in [5.41, 5.74) is 1.39. The van der Waals surface area contributed by atoms with Crippen molar-refractivity contribution in [2.75, 3.05) is 31.7 Å². The van der Waals surface area contributed by atoms with Gasteiger partial charge in [-0.15, -0.1) is 0 Å². The highest BCUT2D eigenvalue weighted by Crippen LogP contribution is 2.33. The van der Waals surface area contributed by atoms with Gasteiger partial charge in [0.05, 0.1) is 5.69 Å². The summed E-state index contributed by atoms with van der Waals surface area (Å²) in [4.78, 5) is 24.4. The van der Waals surface area contributed by atoms with Gasteiger partial charge in [-0.25, -0.2) is 4.90 Å². The molecule has 6 nitrogen and oxygen atoms in total. The zero-order valence-corrected chi connectivity index (χ0v) is 10.7. The van der Waals surface area contributed by atoms with Crippen LogP contribution < -0.4 is 15.0 Å². The van der Waals surface area contributed by atoms with Gasteiger partial charge < -0.3 is 15.2 Å². The minimum Gasteiger partial charge on any atom is -0.482 e. The zero-order valence-electron chi connectivity index (χ0n) is 10.7. The first kappa shape index (κ1) is 13.5. The molecule has 0 radical (unpaired) electrons. The van der Waals surface area contributed by atoms with E-state index in [0.29, 0.717) is 11.4 Å². The first-order valence-electron chi connectivity index (χ1n) is 6.04. The maximum atomic E-state index is 11.7. The summed E-state index contributed by atoms with van der Waals surface area (Å²) in [6.45, 7) is -0.0952. The number of nitrogens with zero attached hydrogens (tertiary/aromatic N) is 1. The van der Waals surface area contributed by atoms with Crippen LogP contribution in [0.4, 0.5) is 5.69 Å². The summed E-state index contributed by atoms with van der Waals surface area (Å²) < 4.78 is 5.28. The summed E-state index contributed by atoms with van der Waals surface area (Å²) in [5, 5.41) is 12.0. The fraction of sp³-hybridized carbons (Fsp3) is 0.385. The number of carbonyl (C=O) groups excluding carboxylic acids is 2. The molecule has 0 unspecified atom stereocenters. The number of aliphatic hydroxyl groups is 1. The van der Waals surface area contributed by atoms with E-state index in [1.807, 2.05) is 13.1 Å². The van der Waals surface area contributed by atoms with Crippen LogP contribution in [0.3, 0.4) is 0 Å². The number of nitrogens with one attached hydrogen (secondary N) is 1. The van der Waals surface area contributed by atoms with Gasteiger partial charge in [-0.1, -0.05) is 6.07 Å². The van der Waals surface area contributed by atoms with E-state index in [9.17, 15) is 9.59 Å². The minimum atomic E-state index is -0.702. The van der Waals surface area contributed by atoms with E-state index >= 15 is 0 Å². The molecule has 0 bridgehead atoms. The molecule has 2 rings (SSSR count). The molecule has 1 aromatic rings. The molecule has 0 saturated heterocycles. The van der Waals surface area contributed by atoms with Gasteiger partial charge in [0.15, 0.2) is 6.61 Å². The Kier molecular flexibility index (Phi) is 4.13. The Morgan fingerprint density at radius 1 is 1.53 bits per heavy atom. The molecule has 19 heavy (non-hydrogen) atoms. The minimum absolute atomic E-state index is 0.186. The molecule has 102 valence electrons. The Labute approximate surface area is 111 Å². The third kappa shape index (κ3) is 2.74. The van der Waals surface area contributed by atoms with Crippen molar-refractivity contribution < 1.29 is 19.4 Å². The molecular weight excluding hydrogens is 248 g/mol. The molecular formula is C13H16N2O4. The SMILES string of the molecule is CNCCc1ccc2c(c1)N(C(=O)CO)C(=O)CO2. The molecule has 2 N–H and O–H groups in total. The standard InChI is InChI=1S/C13H16N2O4/c1-14-5-4-9-2-3-11-10(6-9)15(12(17)7-16)13(18)8-19-11/h2-3,6,14,16H,4-5,7-8H2,1H3. The summed E-state index contributed by atoms with van der Waals surface area (Å²) in [6, 6.07) is 5.38. The number of aliphatic hydroxyl groups excluding tert-OH is 1. The Morgan fingerprint density at radius 2 is 2.32 bits per heavy atom.